The van der Waals surface area contributed by atoms with Gasteiger partial charge >= 0.3 is 12.4 Å². The van der Waals surface area contributed by atoms with Crippen molar-refractivity contribution in [2.75, 3.05) is 19.8 Å². The zero-order valence-corrected chi connectivity index (χ0v) is 21.4. The molecule has 2 aromatic rings. The van der Waals surface area contributed by atoms with E-state index >= 15 is 0 Å². The van der Waals surface area contributed by atoms with Crippen LogP contribution in [0.1, 0.15) is 54.0 Å². The van der Waals surface area contributed by atoms with Crippen LogP contribution in [0.25, 0.3) is 0 Å². The molecule has 40 heavy (non-hydrogen) atoms. The molecule has 0 aliphatic carbocycles. The van der Waals surface area contributed by atoms with E-state index in [4.69, 9.17) is 9.47 Å². The van der Waals surface area contributed by atoms with Gasteiger partial charge in [0.15, 0.2) is 0 Å². The third kappa shape index (κ3) is 5.81. The molecule has 0 radical (unpaired) electrons. The predicted octanol–water partition coefficient (Wildman–Crippen LogP) is 6.98. The van der Waals surface area contributed by atoms with Crippen LogP contribution in [0, 0.1) is 5.82 Å². The highest BCUT2D eigenvalue weighted by molar-refractivity contribution is 5.91. The fourth-order valence-corrected chi connectivity index (χ4v) is 5.74. The van der Waals surface area contributed by atoms with Crippen LogP contribution in [-0.4, -0.2) is 42.7 Å². The van der Waals surface area contributed by atoms with Gasteiger partial charge in [0.2, 0.25) is 5.91 Å². The topological polar surface area (TPSA) is 38.8 Å². The van der Waals surface area contributed by atoms with Crippen LogP contribution in [0.2, 0.25) is 0 Å². The lowest BCUT2D eigenvalue weighted by atomic mass is 9.82. The van der Waals surface area contributed by atoms with E-state index in [2.05, 4.69) is 0 Å². The van der Waals surface area contributed by atoms with Gasteiger partial charge in [-0.15, -0.1) is 0 Å². The standard InChI is InChI=1S/C29H26F7NO3/c1-16(19-10-21(28(31,32)33)14-22(11-19)29(34,35)36)40-25-15-37-24(27(25)18-2-4-23(30)5-3-18)12-20(13-26(37)38)17-6-8-39-9-7-17/h2-6,10-11,13-14,16,24-25,27H,7-9,12,15H2,1H3/t16-,24?,25?,27+/m1/s1. The molecule has 0 N–H and O–H groups in total. The number of rotatable bonds is 5. The summed E-state index contributed by atoms with van der Waals surface area (Å²) >= 11 is 0. The lowest BCUT2D eigenvalue weighted by Crippen LogP contribution is -2.40. The lowest BCUT2D eigenvalue weighted by molar-refractivity contribution is -0.143. The molecule has 4 atom stereocenters. The van der Waals surface area contributed by atoms with Crippen molar-refractivity contribution in [2.24, 2.45) is 0 Å². The SMILES string of the molecule is C[C@@H](OC1CN2C(=O)C=C(C3=CCOCC3)CC2[C@@H]1c1ccc(F)cc1)c1cc(C(F)(F)F)cc(C(F)(F)F)c1. The summed E-state index contributed by atoms with van der Waals surface area (Å²) in [5.41, 5.74) is -0.647. The molecule has 0 bridgehead atoms. The molecule has 2 unspecified atom stereocenters. The molecular formula is C29H26F7NO3. The van der Waals surface area contributed by atoms with Crippen molar-refractivity contribution < 1.29 is 45.0 Å². The Morgan fingerprint density at radius 2 is 1.62 bits per heavy atom. The first-order valence-corrected chi connectivity index (χ1v) is 12.8. The van der Waals surface area contributed by atoms with Crippen molar-refractivity contribution in [1.82, 2.24) is 4.90 Å². The molecule has 1 fully saturated rings. The highest BCUT2D eigenvalue weighted by atomic mass is 19.4. The van der Waals surface area contributed by atoms with Crippen molar-refractivity contribution in [3.05, 3.63) is 93.8 Å². The van der Waals surface area contributed by atoms with Gasteiger partial charge in [0.1, 0.15) is 5.82 Å². The highest BCUT2D eigenvalue weighted by Gasteiger charge is 2.48. The van der Waals surface area contributed by atoms with Gasteiger partial charge < -0.3 is 14.4 Å². The third-order valence-electron chi connectivity index (χ3n) is 7.69. The fourth-order valence-electron chi connectivity index (χ4n) is 5.74. The van der Waals surface area contributed by atoms with Crippen LogP contribution in [0.15, 0.2) is 65.8 Å². The zero-order valence-electron chi connectivity index (χ0n) is 21.4. The van der Waals surface area contributed by atoms with Gasteiger partial charge in [0.05, 0.1) is 36.5 Å². The third-order valence-corrected chi connectivity index (χ3v) is 7.69. The second kappa shape index (κ2) is 10.7. The van der Waals surface area contributed by atoms with Gasteiger partial charge in [-0.3, -0.25) is 4.79 Å². The summed E-state index contributed by atoms with van der Waals surface area (Å²) in [5, 5.41) is 0. The summed E-state index contributed by atoms with van der Waals surface area (Å²) in [5.74, 6) is -1.23. The van der Waals surface area contributed by atoms with Crippen LogP contribution in [0.3, 0.4) is 0 Å². The molecule has 5 rings (SSSR count). The van der Waals surface area contributed by atoms with E-state index in [0.29, 0.717) is 43.8 Å². The molecule has 0 saturated carbocycles. The molecule has 214 valence electrons. The highest BCUT2D eigenvalue weighted by Crippen LogP contribution is 2.45. The summed E-state index contributed by atoms with van der Waals surface area (Å²) in [7, 11) is 0. The Bertz CT molecular complexity index is 1300. The Balaban J connectivity index is 1.48. The second-order valence-corrected chi connectivity index (χ2v) is 10.2. The van der Waals surface area contributed by atoms with Crippen molar-refractivity contribution in [2.45, 2.75) is 56.3 Å². The average molecular weight is 570 g/mol. The van der Waals surface area contributed by atoms with E-state index in [1.807, 2.05) is 6.08 Å². The summed E-state index contributed by atoms with van der Waals surface area (Å²) in [6.07, 6.45) is -7.34. The van der Waals surface area contributed by atoms with Gasteiger partial charge in [0.25, 0.3) is 0 Å². The fraction of sp³-hybridized carbons (Fsp3) is 0.414. The van der Waals surface area contributed by atoms with Crippen LogP contribution >= 0.6 is 0 Å². The minimum absolute atomic E-state index is 0.0736. The molecule has 0 aromatic heterocycles. The monoisotopic (exact) mass is 569 g/mol. The molecule has 1 amide bonds. The van der Waals surface area contributed by atoms with E-state index in [-0.39, 0.29) is 24.1 Å². The van der Waals surface area contributed by atoms with Crippen molar-refractivity contribution in [3.63, 3.8) is 0 Å². The first-order chi connectivity index (χ1) is 18.8. The van der Waals surface area contributed by atoms with Crippen molar-refractivity contribution >= 4 is 5.91 Å². The van der Waals surface area contributed by atoms with Gasteiger partial charge in [-0.2, -0.15) is 26.3 Å². The molecule has 0 spiro atoms. The normalized spacial score (nSPS) is 24.4. The van der Waals surface area contributed by atoms with E-state index in [0.717, 1.165) is 11.1 Å². The number of benzene rings is 2. The number of hydrogen-bond acceptors (Lipinski definition) is 3. The van der Waals surface area contributed by atoms with Crippen LogP contribution in [0.4, 0.5) is 30.7 Å². The largest absolute Gasteiger partial charge is 0.416 e. The Labute approximate surface area is 226 Å². The maximum absolute atomic E-state index is 13.8. The number of halogens is 7. The number of carbonyl (C=O) groups is 1. The minimum Gasteiger partial charge on any atom is -0.377 e. The Hall–Kier alpha value is -3.18. The van der Waals surface area contributed by atoms with Gasteiger partial charge in [0, 0.05) is 24.6 Å². The molecule has 3 aliphatic rings. The predicted molar refractivity (Wildman–Crippen MR) is 131 cm³/mol. The van der Waals surface area contributed by atoms with Crippen LogP contribution in [-0.2, 0) is 26.6 Å². The number of fused-ring (bicyclic) bond motifs is 1. The molecule has 3 aliphatic heterocycles. The maximum atomic E-state index is 13.8. The smallest absolute Gasteiger partial charge is 0.377 e. The first-order valence-electron chi connectivity index (χ1n) is 12.8. The number of ether oxygens (including phenoxy) is 2. The summed E-state index contributed by atoms with van der Waals surface area (Å²) in [4.78, 5) is 14.8. The number of carbonyl (C=O) groups excluding carboxylic acids is 1. The van der Waals surface area contributed by atoms with Gasteiger partial charge in [-0.25, -0.2) is 4.39 Å². The summed E-state index contributed by atoms with van der Waals surface area (Å²) < 4.78 is 106. The van der Waals surface area contributed by atoms with E-state index in [1.54, 1.807) is 23.1 Å². The Kier molecular flexibility index (Phi) is 7.56. The number of hydrogen-bond donors (Lipinski definition) is 0. The van der Waals surface area contributed by atoms with Gasteiger partial charge in [-0.05, 0) is 72.4 Å². The van der Waals surface area contributed by atoms with Crippen LogP contribution in [0.5, 0.6) is 0 Å². The van der Waals surface area contributed by atoms with E-state index in [1.165, 1.54) is 19.1 Å². The number of alkyl halides is 6. The molecule has 11 heteroatoms. The quantitative estimate of drug-likeness (QED) is 0.365. The number of amides is 1. The van der Waals surface area contributed by atoms with Crippen molar-refractivity contribution in [1.29, 1.82) is 0 Å². The van der Waals surface area contributed by atoms with E-state index < -0.39 is 53.5 Å². The second-order valence-electron chi connectivity index (χ2n) is 10.2. The molecule has 4 nitrogen and oxygen atoms in total. The summed E-state index contributed by atoms with van der Waals surface area (Å²) in [6.45, 7) is 2.41. The molecule has 2 aromatic carbocycles. The van der Waals surface area contributed by atoms with E-state index in [9.17, 15) is 35.5 Å². The lowest BCUT2D eigenvalue weighted by Gasteiger charge is -2.34. The van der Waals surface area contributed by atoms with Crippen LogP contribution < -0.4 is 0 Å². The molecule has 3 heterocycles. The molecule has 1 saturated heterocycles. The maximum Gasteiger partial charge on any atom is 0.416 e. The Morgan fingerprint density at radius 1 is 0.975 bits per heavy atom. The zero-order chi connectivity index (χ0) is 28.8. The van der Waals surface area contributed by atoms with Gasteiger partial charge in [-0.1, -0.05) is 18.2 Å². The Morgan fingerprint density at radius 3 is 2.20 bits per heavy atom. The molecular weight excluding hydrogens is 543 g/mol. The minimum atomic E-state index is -4.99. The first kappa shape index (κ1) is 28.4. The number of nitrogens with zero attached hydrogens (tertiary/aromatic N) is 1. The average Bonchev–Trinajstić information content (AvgIpc) is 3.26. The van der Waals surface area contributed by atoms with Crippen molar-refractivity contribution in [3.8, 4) is 0 Å². The summed E-state index contributed by atoms with van der Waals surface area (Å²) in [6, 6.07) is 6.64.